The maximum atomic E-state index is 12.4. The number of aryl methyl sites for hydroxylation is 1. The zero-order valence-electron chi connectivity index (χ0n) is 14.3. The molecule has 1 N–H and O–H groups in total. The number of amides is 1. The van der Waals surface area contributed by atoms with Gasteiger partial charge >= 0.3 is 0 Å². The summed E-state index contributed by atoms with van der Waals surface area (Å²) in [6, 6.07) is 13.8. The van der Waals surface area contributed by atoms with Crippen molar-refractivity contribution in [2.75, 3.05) is 5.32 Å². The second-order valence-electron chi connectivity index (χ2n) is 6.36. The van der Waals surface area contributed by atoms with E-state index in [1.54, 1.807) is 10.7 Å². The van der Waals surface area contributed by atoms with Crippen molar-refractivity contribution in [2.24, 2.45) is 0 Å². The number of benzene rings is 2. The molecule has 136 valence electrons. The van der Waals surface area contributed by atoms with Crippen LogP contribution in [-0.4, -0.2) is 20.6 Å². The molecule has 4 rings (SSSR count). The number of hydrogen-bond donors (Lipinski definition) is 1. The number of fused-ring (bicyclic) bond motifs is 1. The smallest absolute Gasteiger partial charge is 0.273 e. The van der Waals surface area contributed by atoms with Gasteiger partial charge in [-0.05, 0) is 31.2 Å². The number of anilines is 1. The summed E-state index contributed by atoms with van der Waals surface area (Å²) < 4.78 is 1.66. The van der Waals surface area contributed by atoms with Crippen molar-refractivity contribution < 1.29 is 9.72 Å². The fourth-order valence-corrected chi connectivity index (χ4v) is 3.72. The summed E-state index contributed by atoms with van der Waals surface area (Å²) in [6.45, 7) is 1.83. The molecule has 1 aromatic heterocycles. The number of nitrogens with one attached hydrogen (secondary N) is 1. The van der Waals surface area contributed by atoms with Crippen LogP contribution in [-0.2, 0) is 4.79 Å². The predicted molar refractivity (Wildman–Crippen MR) is 101 cm³/mol. The summed E-state index contributed by atoms with van der Waals surface area (Å²) in [6.07, 6.45) is 0.0928. The fraction of sp³-hybridized carbons (Fsp3) is 0.158. The summed E-state index contributed by atoms with van der Waals surface area (Å²) in [5.41, 5.74) is 2.62. The maximum absolute atomic E-state index is 12.4. The van der Waals surface area contributed by atoms with Crippen LogP contribution in [0.4, 0.5) is 11.5 Å². The van der Waals surface area contributed by atoms with Crippen LogP contribution in [0.25, 0.3) is 5.69 Å². The van der Waals surface area contributed by atoms with Gasteiger partial charge in [-0.2, -0.15) is 5.10 Å². The van der Waals surface area contributed by atoms with Gasteiger partial charge in [-0.1, -0.05) is 29.8 Å². The van der Waals surface area contributed by atoms with Crippen LogP contribution in [0.15, 0.2) is 48.5 Å². The Morgan fingerprint density at radius 2 is 2.00 bits per heavy atom. The standard InChI is InChI=1S/C19H15ClN4O3/c1-11-18-15(14-9-12(20)7-8-16(14)24(26)27)10-17(25)21-19(18)23(22-11)13-5-3-2-4-6-13/h2-9,15H,10H2,1H3,(H,21,25). The Morgan fingerprint density at radius 1 is 1.26 bits per heavy atom. The average Bonchev–Trinajstić information content (AvgIpc) is 2.98. The predicted octanol–water partition coefficient (Wildman–Crippen LogP) is 4.22. The molecular weight excluding hydrogens is 368 g/mol. The molecule has 0 bridgehead atoms. The van der Waals surface area contributed by atoms with Crippen LogP contribution in [0.3, 0.4) is 0 Å². The molecule has 27 heavy (non-hydrogen) atoms. The maximum Gasteiger partial charge on any atom is 0.273 e. The third-order valence-corrected chi connectivity index (χ3v) is 4.90. The lowest BCUT2D eigenvalue weighted by atomic mass is 9.85. The molecule has 0 saturated heterocycles. The quantitative estimate of drug-likeness (QED) is 0.542. The lowest BCUT2D eigenvalue weighted by molar-refractivity contribution is -0.385. The molecule has 2 heterocycles. The number of carbonyl (C=O) groups is 1. The third kappa shape index (κ3) is 2.96. The molecule has 1 amide bonds. The van der Waals surface area contributed by atoms with Gasteiger partial charge in [0, 0.05) is 34.6 Å². The third-order valence-electron chi connectivity index (χ3n) is 4.66. The van der Waals surface area contributed by atoms with E-state index in [4.69, 9.17) is 11.6 Å². The second-order valence-corrected chi connectivity index (χ2v) is 6.80. The first kappa shape index (κ1) is 17.2. The van der Waals surface area contributed by atoms with E-state index in [2.05, 4.69) is 10.4 Å². The lowest BCUT2D eigenvalue weighted by Crippen LogP contribution is -2.25. The Hall–Kier alpha value is -3.19. The van der Waals surface area contributed by atoms with Gasteiger partial charge < -0.3 is 5.32 Å². The van der Waals surface area contributed by atoms with Gasteiger partial charge in [-0.25, -0.2) is 4.68 Å². The number of aromatic nitrogens is 2. The Labute approximate surface area is 159 Å². The van der Waals surface area contributed by atoms with Gasteiger partial charge in [0.25, 0.3) is 5.69 Å². The minimum absolute atomic E-state index is 0.0584. The molecule has 1 aliphatic heterocycles. The number of para-hydroxylation sites is 1. The number of nitrogens with zero attached hydrogens (tertiary/aromatic N) is 3. The SMILES string of the molecule is Cc1nn(-c2ccccc2)c2c1C(c1cc(Cl)ccc1[N+](=O)[O-])CC(=O)N2. The summed E-state index contributed by atoms with van der Waals surface area (Å²) in [5, 5.41) is 19.3. The Kier molecular flexibility index (Phi) is 4.16. The Bertz CT molecular complexity index is 1060. The first-order valence-corrected chi connectivity index (χ1v) is 8.72. The van der Waals surface area contributed by atoms with E-state index in [-0.39, 0.29) is 18.0 Å². The number of carbonyl (C=O) groups excluding carboxylic acids is 1. The Morgan fingerprint density at radius 3 is 2.70 bits per heavy atom. The van der Waals surface area contributed by atoms with E-state index in [0.717, 1.165) is 11.3 Å². The molecule has 0 radical (unpaired) electrons. The van der Waals surface area contributed by atoms with E-state index < -0.39 is 10.8 Å². The first-order valence-electron chi connectivity index (χ1n) is 8.34. The minimum atomic E-state index is -0.495. The average molecular weight is 383 g/mol. The van der Waals surface area contributed by atoms with Crippen LogP contribution in [0.2, 0.25) is 5.02 Å². The molecule has 0 fully saturated rings. The van der Waals surface area contributed by atoms with Crippen molar-refractivity contribution >= 4 is 29.0 Å². The normalized spacial score (nSPS) is 15.9. The summed E-state index contributed by atoms with van der Waals surface area (Å²) in [7, 11) is 0. The number of nitro groups is 1. The van der Waals surface area contributed by atoms with E-state index in [1.165, 1.54) is 12.1 Å². The molecular formula is C19H15ClN4O3. The highest BCUT2D eigenvalue weighted by atomic mass is 35.5. The molecule has 0 saturated carbocycles. The fourth-order valence-electron chi connectivity index (χ4n) is 3.54. The molecule has 3 aromatic rings. The molecule has 0 spiro atoms. The number of rotatable bonds is 3. The van der Waals surface area contributed by atoms with E-state index in [9.17, 15) is 14.9 Å². The van der Waals surface area contributed by atoms with E-state index >= 15 is 0 Å². The van der Waals surface area contributed by atoms with Crippen LogP contribution >= 0.6 is 11.6 Å². The number of nitro benzene ring substituents is 1. The van der Waals surface area contributed by atoms with Crippen molar-refractivity contribution in [3.8, 4) is 5.69 Å². The van der Waals surface area contributed by atoms with Crippen LogP contribution in [0.1, 0.15) is 29.2 Å². The van der Waals surface area contributed by atoms with Crippen molar-refractivity contribution in [1.29, 1.82) is 0 Å². The Balaban J connectivity index is 1.93. The molecule has 0 aliphatic carbocycles. The molecule has 1 aliphatic rings. The molecule has 1 atom stereocenters. The molecule has 7 nitrogen and oxygen atoms in total. The van der Waals surface area contributed by atoms with Gasteiger partial charge in [-0.15, -0.1) is 0 Å². The van der Waals surface area contributed by atoms with Crippen molar-refractivity contribution in [2.45, 2.75) is 19.3 Å². The summed E-state index contributed by atoms with van der Waals surface area (Å²) >= 11 is 6.10. The summed E-state index contributed by atoms with van der Waals surface area (Å²) in [4.78, 5) is 23.5. The van der Waals surface area contributed by atoms with E-state index in [1.807, 2.05) is 37.3 Å². The second kappa shape index (κ2) is 6.51. The first-order chi connectivity index (χ1) is 13.0. The molecule has 1 unspecified atom stereocenters. The topological polar surface area (TPSA) is 90.1 Å². The summed E-state index contributed by atoms with van der Waals surface area (Å²) in [5.74, 6) is -0.182. The monoisotopic (exact) mass is 382 g/mol. The highest BCUT2D eigenvalue weighted by molar-refractivity contribution is 6.30. The van der Waals surface area contributed by atoms with Crippen molar-refractivity contribution in [1.82, 2.24) is 9.78 Å². The van der Waals surface area contributed by atoms with Gasteiger partial charge in [0.15, 0.2) is 0 Å². The van der Waals surface area contributed by atoms with Gasteiger partial charge in [-0.3, -0.25) is 14.9 Å². The highest BCUT2D eigenvalue weighted by Gasteiger charge is 2.36. The zero-order valence-corrected chi connectivity index (χ0v) is 15.1. The van der Waals surface area contributed by atoms with Crippen LogP contribution in [0, 0.1) is 17.0 Å². The molecule has 8 heteroatoms. The van der Waals surface area contributed by atoms with Crippen LogP contribution < -0.4 is 5.32 Å². The largest absolute Gasteiger partial charge is 0.310 e. The van der Waals surface area contributed by atoms with Gasteiger partial charge in [0.05, 0.1) is 16.3 Å². The zero-order chi connectivity index (χ0) is 19.1. The number of halogens is 1. The molecule has 2 aromatic carbocycles. The highest BCUT2D eigenvalue weighted by Crippen LogP contribution is 2.43. The lowest BCUT2D eigenvalue weighted by Gasteiger charge is -2.24. The van der Waals surface area contributed by atoms with Crippen molar-refractivity contribution in [3.63, 3.8) is 0 Å². The number of hydrogen-bond acceptors (Lipinski definition) is 4. The van der Waals surface area contributed by atoms with Gasteiger partial charge in [0.1, 0.15) is 5.82 Å². The van der Waals surface area contributed by atoms with Crippen molar-refractivity contribution in [3.05, 3.63) is 80.5 Å². The minimum Gasteiger partial charge on any atom is -0.310 e. The van der Waals surface area contributed by atoms with Gasteiger partial charge in [0.2, 0.25) is 5.91 Å². The van der Waals surface area contributed by atoms with Crippen LogP contribution in [0.5, 0.6) is 0 Å². The van der Waals surface area contributed by atoms with E-state index in [0.29, 0.717) is 22.1 Å².